The fourth-order valence-corrected chi connectivity index (χ4v) is 2.62. The minimum Gasteiger partial charge on any atom is -0.395 e. The molecule has 3 rings (SSSR count). The van der Waals surface area contributed by atoms with Gasteiger partial charge in [0.15, 0.2) is 11.9 Å². The predicted molar refractivity (Wildman–Crippen MR) is 98.4 cm³/mol. The lowest BCUT2D eigenvalue weighted by Crippen LogP contribution is -2.24. The second-order valence-electron chi connectivity index (χ2n) is 5.98. The number of anilines is 2. The number of aromatic nitrogens is 4. The van der Waals surface area contributed by atoms with Gasteiger partial charge in [-0.15, -0.1) is 0 Å². The minimum atomic E-state index is -4.63. The van der Waals surface area contributed by atoms with Crippen LogP contribution in [0.4, 0.5) is 24.7 Å². The average Bonchev–Trinajstić information content (AvgIpc) is 3.16. The monoisotopic (exact) mass is 403 g/mol. The molecule has 0 aliphatic heterocycles. The molecule has 0 bridgehead atoms. The number of alkyl halides is 3. The highest BCUT2D eigenvalue weighted by molar-refractivity contribution is 5.81. The van der Waals surface area contributed by atoms with Gasteiger partial charge in [0.2, 0.25) is 0 Å². The highest BCUT2D eigenvalue weighted by atomic mass is 19.4. The Labute approximate surface area is 163 Å². The highest BCUT2D eigenvalue weighted by Crippen LogP contribution is 2.36. The molecule has 0 aliphatic carbocycles. The Morgan fingerprint density at radius 2 is 1.97 bits per heavy atom. The van der Waals surface area contributed by atoms with Crippen molar-refractivity contribution in [3.8, 4) is 23.0 Å². The molecule has 1 atom stereocenters. The smallest absolute Gasteiger partial charge is 0.395 e. The third-order valence-corrected chi connectivity index (χ3v) is 4.02. The predicted octanol–water partition coefficient (Wildman–Crippen LogP) is 3.03. The van der Waals surface area contributed by atoms with Gasteiger partial charge in [-0.25, -0.2) is 14.6 Å². The van der Waals surface area contributed by atoms with Gasteiger partial charge in [0.05, 0.1) is 31.0 Å². The largest absolute Gasteiger partial charge is 0.418 e. The van der Waals surface area contributed by atoms with E-state index < -0.39 is 12.3 Å². The van der Waals surface area contributed by atoms with Gasteiger partial charge in [0, 0.05) is 35.3 Å². The molecule has 8 nitrogen and oxygen atoms in total. The summed E-state index contributed by atoms with van der Waals surface area (Å²) in [6.07, 6.45) is -1.20. The van der Waals surface area contributed by atoms with E-state index in [-0.39, 0.29) is 24.4 Å². The van der Waals surface area contributed by atoms with Gasteiger partial charge in [-0.3, -0.25) is 0 Å². The summed E-state index contributed by atoms with van der Waals surface area (Å²) >= 11 is 0. The van der Waals surface area contributed by atoms with Crippen molar-refractivity contribution in [3.05, 3.63) is 48.5 Å². The molecular formula is C18H16F3N7O. The molecule has 4 N–H and O–H groups in total. The molecule has 0 saturated carbocycles. The molecule has 0 radical (unpaired) electrons. The Morgan fingerprint density at radius 3 is 2.62 bits per heavy atom. The zero-order valence-electron chi connectivity index (χ0n) is 15.0. The van der Waals surface area contributed by atoms with E-state index in [9.17, 15) is 13.2 Å². The van der Waals surface area contributed by atoms with Crippen molar-refractivity contribution in [2.45, 2.75) is 18.7 Å². The van der Waals surface area contributed by atoms with Crippen LogP contribution in [0.3, 0.4) is 0 Å². The zero-order valence-corrected chi connectivity index (χ0v) is 15.0. The SMILES string of the molecule is N#CCCOC(c1ccc(-n2cc(-c3ccnc(N)c3N)cn2)nc1)C(F)(F)F. The number of nitrogen functional groups attached to an aromatic ring is 2. The standard InChI is InChI=1S/C18H16F3N7O/c19-18(20,21)16(29-7-1-5-22)11-2-3-14(26-8-11)28-10-12(9-27-28)13-4-6-25-17(24)15(13)23/h2-4,6,8-10,16H,1,7,23H2,(H2,24,25). The minimum absolute atomic E-state index is 0.142. The Kier molecular flexibility index (Phi) is 5.65. The fourth-order valence-electron chi connectivity index (χ4n) is 2.62. The molecule has 0 saturated heterocycles. The normalized spacial score (nSPS) is 12.5. The Balaban J connectivity index is 1.84. The van der Waals surface area contributed by atoms with Gasteiger partial charge < -0.3 is 16.2 Å². The number of halogens is 3. The molecule has 3 heterocycles. The summed E-state index contributed by atoms with van der Waals surface area (Å²) in [5, 5.41) is 12.6. The maximum Gasteiger partial charge on any atom is 0.418 e. The number of nitrogens with zero attached hydrogens (tertiary/aromatic N) is 5. The first-order valence-corrected chi connectivity index (χ1v) is 8.38. The van der Waals surface area contributed by atoms with Crippen molar-refractivity contribution in [2.24, 2.45) is 0 Å². The highest BCUT2D eigenvalue weighted by Gasteiger charge is 2.42. The number of rotatable bonds is 6. The maximum atomic E-state index is 13.2. The van der Waals surface area contributed by atoms with Crippen LogP contribution in [-0.4, -0.2) is 32.5 Å². The van der Waals surface area contributed by atoms with Crippen molar-refractivity contribution in [1.29, 1.82) is 5.26 Å². The van der Waals surface area contributed by atoms with Gasteiger partial charge in [-0.1, -0.05) is 6.07 Å². The number of hydrogen-bond donors (Lipinski definition) is 2. The van der Waals surface area contributed by atoms with E-state index in [1.54, 1.807) is 18.3 Å². The summed E-state index contributed by atoms with van der Waals surface area (Å²) in [7, 11) is 0. The van der Waals surface area contributed by atoms with Gasteiger partial charge >= 0.3 is 6.18 Å². The van der Waals surface area contributed by atoms with Gasteiger partial charge in [-0.05, 0) is 12.1 Å². The summed E-state index contributed by atoms with van der Waals surface area (Å²) in [6.45, 7) is -0.332. The van der Waals surface area contributed by atoms with Crippen LogP contribution in [-0.2, 0) is 4.74 Å². The number of hydrogen-bond acceptors (Lipinski definition) is 7. The van der Waals surface area contributed by atoms with Gasteiger partial charge in [-0.2, -0.15) is 23.5 Å². The van der Waals surface area contributed by atoms with Gasteiger partial charge in [0.1, 0.15) is 5.82 Å². The molecule has 0 aromatic carbocycles. The third-order valence-electron chi connectivity index (χ3n) is 4.02. The molecule has 0 aliphatic rings. The third kappa shape index (κ3) is 4.44. The van der Waals surface area contributed by atoms with Crippen LogP contribution in [0.5, 0.6) is 0 Å². The number of ether oxygens (including phenoxy) is 1. The van der Waals surface area contributed by atoms with E-state index in [1.165, 1.54) is 29.2 Å². The van der Waals surface area contributed by atoms with Crippen molar-refractivity contribution < 1.29 is 17.9 Å². The van der Waals surface area contributed by atoms with Crippen molar-refractivity contribution in [2.75, 3.05) is 18.1 Å². The molecule has 0 fully saturated rings. The molecule has 1 unspecified atom stereocenters. The van der Waals surface area contributed by atoms with E-state index >= 15 is 0 Å². The molecule has 29 heavy (non-hydrogen) atoms. The lowest BCUT2D eigenvalue weighted by molar-refractivity contribution is -0.223. The summed E-state index contributed by atoms with van der Waals surface area (Å²) in [5.41, 5.74) is 13.0. The quantitative estimate of drug-likeness (QED) is 0.605. The lowest BCUT2D eigenvalue weighted by atomic mass is 10.1. The molecule has 11 heteroatoms. The van der Waals surface area contributed by atoms with Crippen LogP contribution in [0.2, 0.25) is 0 Å². The molecule has 3 aromatic heterocycles. The fraction of sp³-hybridized carbons (Fsp3) is 0.222. The summed E-state index contributed by atoms with van der Waals surface area (Å²) in [4.78, 5) is 7.94. The average molecular weight is 403 g/mol. The summed E-state index contributed by atoms with van der Waals surface area (Å²) in [6, 6.07) is 6.06. The summed E-state index contributed by atoms with van der Waals surface area (Å²) in [5.74, 6) is 0.492. The summed E-state index contributed by atoms with van der Waals surface area (Å²) < 4.78 is 45.9. The van der Waals surface area contributed by atoms with E-state index in [0.717, 1.165) is 6.20 Å². The molecule has 0 amide bonds. The van der Waals surface area contributed by atoms with Crippen LogP contribution >= 0.6 is 0 Å². The van der Waals surface area contributed by atoms with Crippen LogP contribution in [0.25, 0.3) is 16.9 Å². The molecule has 0 spiro atoms. The van der Waals surface area contributed by atoms with Crippen LogP contribution in [0.15, 0.2) is 43.0 Å². The number of nitriles is 1. The Bertz CT molecular complexity index is 1030. The molecule has 150 valence electrons. The van der Waals surface area contributed by atoms with Gasteiger partial charge in [0.25, 0.3) is 0 Å². The first kappa shape index (κ1) is 20.1. The van der Waals surface area contributed by atoms with Crippen molar-refractivity contribution >= 4 is 11.5 Å². The van der Waals surface area contributed by atoms with E-state index in [1.807, 2.05) is 0 Å². The van der Waals surface area contributed by atoms with Crippen LogP contribution in [0.1, 0.15) is 18.1 Å². The second kappa shape index (κ2) is 8.15. The zero-order chi connectivity index (χ0) is 21.0. The first-order valence-electron chi connectivity index (χ1n) is 8.38. The Hall–Kier alpha value is -3.65. The topological polar surface area (TPSA) is 129 Å². The maximum absolute atomic E-state index is 13.2. The first-order chi connectivity index (χ1) is 13.8. The Morgan fingerprint density at radius 1 is 1.17 bits per heavy atom. The van der Waals surface area contributed by atoms with Crippen molar-refractivity contribution in [3.63, 3.8) is 0 Å². The second-order valence-corrected chi connectivity index (χ2v) is 5.98. The van der Waals surface area contributed by atoms with Crippen LogP contribution in [0, 0.1) is 11.3 Å². The van der Waals surface area contributed by atoms with E-state index in [4.69, 9.17) is 21.5 Å². The van der Waals surface area contributed by atoms with E-state index in [2.05, 4.69) is 15.1 Å². The molecule has 3 aromatic rings. The number of nitrogens with two attached hydrogens (primary N) is 2. The van der Waals surface area contributed by atoms with Crippen molar-refractivity contribution in [1.82, 2.24) is 19.7 Å². The number of pyridine rings is 2. The van der Waals surface area contributed by atoms with Crippen LogP contribution < -0.4 is 11.5 Å². The van der Waals surface area contributed by atoms with E-state index in [0.29, 0.717) is 22.6 Å². The lowest BCUT2D eigenvalue weighted by Gasteiger charge is -2.20. The molecular weight excluding hydrogens is 387 g/mol.